The number of rotatable bonds is 8. The zero-order valence-electron chi connectivity index (χ0n) is 14.6. The minimum absolute atomic E-state index is 0.308. The molecule has 0 unspecified atom stereocenters. The van der Waals surface area contributed by atoms with Gasteiger partial charge in [0.25, 0.3) is 0 Å². The fourth-order valence-corrected chi connectivity index (χ4v) is 1.30. The van der Waals surface area contributed by atoms with Crippen LogP contribution in [0.25, 0.3) is 0 Å². The molecule has 0 bridgehead atoms. The summed E-state index contributed by atoms with van der Waals surface area (Å²) in [7, 11) is 0. The Morgan fingerprint density at radius 2 is 1.10 bits per heavy atom. The van der Waals surface area contributed by atoms with E-state index >= 15 is 0 Å². The molecule has 0 saturated carbocycles. The molecule has 0 aromatic rings. The van der Waals surface area contributed by atoms with Crippen molar-refractivity contribution in [2.24, 2.45) is 0 Å². The Kier molecular flexibility index (Phi) is 9.57. The van der Waals surface area contributed by atoms with E-state index < -0.39 is 54.8 Å². The van der Waals surface area contributed by atoms with Gasteiger partial charge in [-0.1, -0.05) is 26.8 Å². The van der Waals surface area contributed by atoms with E-state index in [0.29, 0.717) is 6.08 Å². The molecule has 0 fully saturated rings. The van der Waals surface area contributed by atoms with Crippen LogP contribution in [-0.4, -0.2) is 48.4 Å². The fraction of sp³-hybridized carbons (Fsp3) is 0.786. The number of carbonyl (C=O) groups is 1. The summed E-state index contributed by atoms with van der Waals surface area (Å²) in [4.78, 5) is 10.5. The molecule has 0 aromatic carbocycles. The van der Waals surface area contributed by atoms with Gasteiger partial charge in [0.2, 0.25) is 0 Å². The molecule has 15 heteroatoms. The predicted octanol–water partition coefficient (Wildman–Crippen LogP) is 6.26. The lowest BCUT2D eigenvalue weighted by atomic mass is 9.93. The van der Waals surface area contributed by atoms with Crippen LogP contribution in [0.3, 0.4) is 0 Å². The maximum atomic E-state index is 13.2. The van der Waals surface area contributed by atoms with Gasteiger partial charge < -0.3 is 4.74 Å². The molecular weight excluding hydrogens is 447 g/mol. The van der Waals surface area contributed by atoms with Gasteiger partial charge in [-0.15, -0.1) is 0 Å². The first-order valence-electron chi connectivity index (χ1n) is 7.37. The number of alkyl halides is 13. The van der Waals surface area contributed by atoms with E-state index in [1.807, 2.05) is 0 Å². The van der Waals surface area contributed by atoms with Crippen LogP contribution in [0, 0.1) is 0 Å². The second kappa shape index (κ2) is 9.41. The monoisotopic (exact) mass is 462 g/mol. The molecule has 2 nitrogen and oxygen atoms in total. The summed E-state index contributed by atoms with van der Waals surface area (Å²) in [6.07, 6.45) is -8.49. The second-order valence-electron chi connectivity index (χ2n) is 5.33. The molecule has 0 amide bonds. The first kappa shape index (κ1) is 29.5. The number of esters is 1. The second-order valence-corrected chi connectivity index (χ2v) is 5.33. The minimum Gasteiger partial charge on any atom is -0.462 e. The number of carbonyl (C=O) groups excluding carboxylic acids is 1. The van der Waals surface area contributed by atoms with Gasteiger partial charge in [0.15, 0.2) is 0 Å². The lowest BCUT2D eigenvalue weighted by Gasteiger charge is -2.39. The summed E-state index contributed by atoms with van der Waals surface area (Å²) >= 11 is 0. The summed E-state index contributed by atoms with van der Waals surface area (Å²) in [6, 6.07) is 0. The lowest BCUT2D eigenvalue weighted by Crippen LogP contribution is -2.70. The van der Waals surface area contributed by atoms with E-state index in [2.05, 4.69) is 25.2 Å². The Labute approximate surface area is 155 Å². The van der Waals surface area contributed by atoms with Crippen LogP contribution in [-0.2, 0) is 9.53 Å². The Morgan fingerprint density at radius 1 is 0.759 bits per heavy atom. The standard InChI is InChI=1S/C11H7F13O2.C3H8/c1-2-5(25)26-4-3-6(12,13)7(14,15)8(16,17)9(18,19)10(20,21)11(22,23)24;1-3-2/h2H,1,3-4H2;3H2,1-2H3. The van der Waals surface area contributed by atoms with Crippen molar-refractivity contribution >= 4 is 5.97 Å². The van der Waals surface area contributed by atoms with Crippen LogP contribution in [0.5, 0.6) is 0 Å². The molecule has 29 heavy (non-hydrogen) atoms. The SMILES string of the molecule is C=CC(=O)OCCC(F)(F)C(F)(F)C(F)(F)C(F)(F)C(F)(F)C(F)(F)F.CCC. The van der Waals surface area contributed by atoms with Crippen molar-refractivity contribution in [3.8, 4) is 0 Å². The Morgan fingerprint density at radius 3 is 1.41 bits per heavy atom. The topological polar surface area (TPSA) is 26.3 Å². The van der Waals surface area contributed by atoms with Crippen LogP contribution >= 0.6 is 0 Å². The summed E-state index contributed by atoms with van der Waals surface area (Å²) in [6.45, 7) is 5.19. The quantitative estimate of drug-likeness (QED) is 0.242. The molecule has 0 aromatic heterocycles. The third kappa shape index (κ3) is 5.68. The van der Waals surface area contributed by atoms with Gasteiger partial charge in [-0.3, -0.25) is 0 Å². The Bertz CT molecular complexity index is 552. The predicted molar refractivity (Wildman–Crippen MR) is 72.5 cm³/mol. The van der Waals surface area contributed by atoms with Gasteiger partial charge in [-0.25, -0.2) is 4.79 Å². The van der Waals surface area contributed by atoms with Crippen molar-refractivity contribution in [2.75, 3.05) is 6.61 Å². The van der Waals surface area contributed by atoms with Crippen molar-refractivity contribution < 1.29 is 66.6 Å². The number of ether oxygens (including phenoxy) is 1. The van der Waals surface area contributed by atoms with E-state index in [0.717, 1.165) is 0 Å². The molecule has 0 N–H and O–H groups in total. The van der Waals surface area contributed by atoms with Crippen LogP contribution in [0.4, 0.5) is 57.1 Å². The van der Waals surface area contributed by atoms with E-state index in [9.17, 15) is 61.9 Å². The molecule has 174 valence electrons. The molecule has 0 aliphatic heterocycles. The first-order valence-corrected chi connectivity index (χ1v) is 7.37. The molecular formula is C14H15F13O2. The van der Waals surface area contributed by atoms with Gasteiger partial charge in [0.05, 0.1) is 13.0 Å². The molecule has 0 heterocycles. The fourth-order valence-electron chi connectivity index (χ4n) is 1.30. The highest BCUT2D eigenvalue weighted by molar-refractivity contribution is 5.81. The van der Waals surface area contributed by atoms with Crippen LogP contribution in [0.15, 0.2) is 12.7 Å². The van der Waals surface area contributed by atoms with Gasteiger partial charge in [-0.2, -0.15) is 57.1 Å². The highest BCUT2D eigenvalue weighted by Crippen LogP contribution is 2.60. The summed E-state index contributed by atoms with van der Waals surface area (Å²) in [5, 5.41) is 0. The molecule has 0 radical (unpaired) electrons. The third-order valence-electron chi connectivity index (χ3n) is 2.83. The molecule has 0 saturated heterocycles. The van der Waals surface area contributed by atoms with Crippen molar-refractivity contribution in [1.29, 1.82) is 0 Å². The third-order valence-corrected chi connectivity index (χ3v) is 2.83. The molecule has 0 spiro atoms. The van der Waals surface area contributed by atoms with Crippen LogP contribution in [0.2, 0.25) is 0 Å². The maximum absolute atomic E-state index is 13.2. The highest BCUT2D eigenvalue weighted by Gasteiger charge is 2.90. The Hall–Kier alpha value is -1.70. The lowest BCUT2D eigenvalue weighted by molar-refractivity contribution is -0.440. The van der Waals surface area contributed by atoms with E-state index in [-0.39, 0.29) is 0 Å². The zero-order valence-corrected chi connectivity index (χ0v) is 14.6. The zero-order chi connectivity index (χ0) is 24.1. The van der Waals surface area contributed by atoms with E-state index in [4.69, 9.17) is 0 Å². The number of hydrogen-bond acceptors (Lipinski definition) is 2. The largest absolute Gasteiger partial charge is 0.462 e. The normalized spacial score (nSPS) is 14.0. The summed E-state index contributed by atoms with van der Waals surface area (Å²) < 4.78 is 169. The molecule has 0 aliphatic carbocycles. The van der Waals surface area contributed by atoms with Crippen LogP contribution in [0.1, 0.15) is 26.7 Å². The molecule has 0 rings (SSSR count). The average Bonchev–Trinajstić information content (AvgIpc) is 2.53. The Balaban J connectivity index is 0. The van der Waals surface area contributed by atoms with Gasteiger partial charge in [0.1, 0.15) is 0 Å². The van der Waals surface area contributed by atoms with Gasteiger partial charge >= 0.3 is 41.8 Å². The average molecular weight is 462 g/mol. The number of halogens is 13. The minimum atomic E-state index is -7.94. The van der Waals surface area contributed by atoms with E-state index in [1.165, 1.54) is 6.42 Å². The van der Waals surface area contributed by atoms with Crippen LogP contribution < -0.4 is 0 Å². The highest BCUT2D eigenvalue weighted by atomic mass is 19.4. The summed E-state index contributed by atoms with van der Waals surface area (Å²) in [5.41, 5.74) is 0. The first-order chi connectivity index (χ1) is 12.6. The maximum Gasteiger partial charge on any atom is 0.460 e. The van der Waals surface area contributed by atoms with Gasteiger partial charge in [-0.05, 0) is 0 Å². The summed E-state index contributed by atoms with van der Waals surface area (Å²) in [5.74, 6) is -38.7. The smallest absolute Gasteiger partial charge is 0.460 e. The molecule has 0 aliphatic rings. The van der Waals surface area contributed by atoms with Crippen molar-refractivity contribution in [1.82, 2.24) is 0 Å². The van der Waals surface area contributed by atoms with Crippen molar-refractivity contribution in [3.05, 3.63) is 12.7 Å². The van der Waals surface area contributed by atoms with Crippen molar-refractivity contribution in [2.45, 2.75) is 62.5 Å². The van der Waals surface area contributed by atoms with E-state index in [1.54, 1.807) is 0 Å². The van der Waals surface area contributed by atoms with Crippen molar-refractivity contribution in [3.63, 3.8) is 0 Å². The number of hydrogen-bond donors (Lipinski definition) is 0. The molecule has 0 atom stereocenters. The van der Waals surface area contributed by atoms with Gasteiger partial charge in [0, 0.05) is 6.08 Å².